The quantitative estimate of drug-likeness (QED) is 0.610. The highest BCUT2D eigenvalue weighted by atomic mass is 16.4. The molecule has 0 saturated carbocycles. The van der Waals surface area contributed by atoms with Gasteiger partial charge in [0.15, 0.2) is 12.8 Å². The zero-order chi connectivity index (χ0) is 8.85. The highest BCUT2D eigenvalue weighted by molar-refractivity contribution is 5.72. The second-order valence-corrected chi connectivity index (χ2v) is 3.04. The minimum absolute atomic E-state index is 0.425. The van der Waals surface area contributed by atoms with E-state index in [2.05, 4.69) is 25.1 Å². The molecule has 0 saturated heterocycles. The van der Waals surface area contributed by atoms with E-state index in [0.29, 0.717) is 12.3 Å². The number of hydrogen-bond acceptors (Lipinski definition) is 2. The summed E-state index contributed by atoms with van der Waals surface area (Å²) in [6.07, 6.45) is 1.61. The smallest absolute Gasteiger partial charge is 0.313 e. The standard InChI is InChI=1S/C8H16NO2/c1-6(2)4-5-7(9)8(10)11-3/h6-7H,3-5,9H2,1-2H3/q+1/t7-/m0/s1. The van der Waals surface area contributed by atoms with Crippen LogP contribution in [0.5, 0.6) is 0 Å². The molecule has 0 fully saturated rings. The molecule has 3 heteroatoms. The van der Waals surface area contributed by atoms with Crippen molar-refractivity contribution in [2.75, 3.05) is 0 Å². The predicted octanol–water partition coefficient (Wildman–Crippen LogP) is 0.641. The van der Waals surface area contributed by atoms with Crippen molar-refractivity contribution < 1.29 is 9.22 Å². The van der Waals surface area contributed by atoms with E-state index in [1.807, 2.05) is 0 Å². The molecule has 0 bridgehead atoms. The van der Waals surface area contributed by atoms with Gasteiger partial charge in [0.1, 0.15) is 0 Å². The van der Waals surface area contributed by atoms with E-state index in [9.17, 15) is 4.79 Å². The molecule has 0 aliphatic carbocycles. The monoisotopic (exact) mass is 158 g/mol. The van der Waals surface area contributed by atoms with Gasteiger partial charge in [-0.05, 0) is 18.8 Å². The van der Waals surface area contributed by atoms with E-state index < -0.39 is 12.0 Å². The second kappa shape index (κ2) is 5.02. The van der Waals surface area contributed by atoms with Crippen LogP contribution in [0.25, 0.3) is 0 Å². The Morgan fingerprint density at radius 1 is 1.55 bits per heavy atom. The van der Waals surface area contributed by atoms with Crippen LogP contribution in [0.3, 0.4) is 0 Å². The van der Waals surface area contributed by atoms with Crippen molar-refractivity contribution >= 4 is 12.8 Å². The molecule has 0 unspecified atom stereocenters. The van der Waals surface area contributed by atoms with Crippen molar-refractivity contribution in [1.29, 1.82) is 0 Å². The van der Waals surface area contributed by atoms with Gasteiger partial charge in [0.25, 0.3) is 0 Å². The van der Waals surface area contributed by atoms with Crippen LogP contribution in [0, 0.1) is 5.92 Å². The van der Waals surface area contributed by atoms with Crippen LogP contribution in [0.1, 0.15) is 26.7 Å². The number of hydrogen-bond donors (Lipinski definition) is 1. The number of nitrogens with two attached hydrogens (primary N) is 1. The van der Waals surface area contributed by atoms with Gasteiger partial charge in [0.05, 0.1) is 4.79 Å². The average Bonchev–Trinajstić information content (AvgIpc) is 1.98. The van der Waals surface area contributed by atoms with Crippen LogP contribution < -0.4 is 5.73 Å². The van der Waals surface area contributed by atoms with Gasteiger partial charge in [-0.25, -0.2) is 0 Å². The molecule has 0 rings (SSSR count). The lowest BCUT2D eigenvalue weighted by molar-refractivity contribution is -0.370. The molecule has 0 radical (unpaired) electrons. The summed E-state index contributed by atoms with van der Waals surface area (Å²) in [6, 6.07) is -0.505. The molecule has 0 aliphatic heterocycles. The maximum absolute atomic E-state index is 10.7. The van der Waals surface area contributed by atoms with Gasteiger partial charge in [0.2, 0.25) is 0 Å². The number of carbonyl (C=O) groups excluding carboxylic acids is 2. The number of carbonyl (C=O) groups is 1. The topological polar surface area (TPSA) is 54.4 Å². The molecule has 3 nitrogen and oxygen atoms in total. The Labute approximate surface area is 67.3 Å². The van der Waals surface area contributed by atoms with Crippen molar-refractivity contribution in [3.8, 4) is 0 Å². The molecule has 0 heterocycles. The van der Waals surface area contributed by atoms with E-state index >= 15 is 0 Å². The van der Waals surface area contributed by atoms with Crippen LogP contribution >= 0.6 is 0 Å². The largest absolute Gasteiger partial charge is 0.596 e. The van der Waals surface area contributed by atoms with Gasteiger partial charge in [-0.3, -0.25) is 4.42 Å². The summed E-state index contributed by atoms with van der Waals surface area (Å²) < 4.78 is 4.23. The van der Waals surface area contributed by atoms with Crippen LogP contribution in [0.2, 0.25) is 0 Å². The summed E-state index contributed by atoms with van der Waals surface area (Å²) in [6.45, 7) is 7.18. The Bertz CT molecular complexity index is 143. The lowest BCUT2D eigenvalue weighted by atomic mass is 10.0. The third kappa shape index (κ3) is 4.67. The Kier molecular flexibility index (Phi) is 4.70. The predicted molar refractivity (Wildman–Crippen MR) is 44.2 cm³/mol. The summed E-state index contributed by atoms with van der Waals surface area (Å²) in [5.41, 5.74) is 5.46. The second-order valence-electron chi connectivity index (χ2n) is 3.04. The van der Waals surface area contributed by atoms with Crippen molar-refractivity contribution in [2.24, 2.45) is 11.7 Å². The molecule has 1 atom stereocenters. The third-order valence-corrected chi connectivity index (χ3v) is 1.50. The lowest BCUT2D eigenvalue weighted by Gasteiger charge is -2.03. The maximum Gasteiger partial charge on any atom is 0.596 e. The van der Waals surface area contributed by atoms with Crippen LogP contribution in [-0.4, -0.2) is 18.8 Å². The minimum Gasteiger partial charge on any atom is -0.313 e. The molecule has 0 aromatic rings. The maximum atomic E-state index is 10.7. The van der Waals surface area contributed by atoms with Crippen molar-refractivity contribution in [3.05, 3.63) is 0 Å². The first-order chi connectivity index (χ1) is 5.07. The van der Waals surface area contributed by atoms with Gasteiger partial charge in [0, 0.05) is 0 Å². The highest BCUT2D eigenvalue weighted by Crippen LogP contribution is 2.05. The zero-order valence-corrected chi connectivity index (χ0v) is 7.17. The highest BCUT2D eigenvalue weighted by Gasteiger charge is 2.23. The summed E-state index contributed by atoms with van der Waals surface area (Å²) in [4.78, 5) is 10.7. The zero-order valence-electron chi connectivity index (χ0n) is 7.17. The Balaban J connectivity index is 3.60. The van der Waals surface area contributed by atoms with Gasteiger partial charge >= 0.3 is 5.97 Å². The average molecular weight is 158 g/mol. The summed E-state index contributed by atoms with van der Waals surface area (Å²) in [5, 5.41) is 0. The fourth-order valence-electron chi connectivity index (χ4n) is 0.738. The third-order valence-electron chi connectivity index (χ3n) is 1.50. The summed E-state index contributed by atoms with van der Waals surface area (Å²) in [5.74, 6) is 0.143. The van der Waals surface area contributed by atoms with Crippen LogP contribution in [0.15, 0.2) is 0 Å². The van der Waals surface area contributed by atoms with Gasteiger partial charge in [-0.15, -0.1) is 0 Å². The van der Waals surface area contributed by atoms with Crippen LogP contribution in [0.4, 0.5) is 0 Å². The molecule has 0 aliphatic rings. The normalized spacial score (nSPS) is 13.1. The van der Waals surface area contributed by atoms with Crippen molar-refractivity contribution in [1.82, 2.24) is 0 Å². The van der Waals surface area contributed by atoms with E-state index in [1.54, 1.807) is 0 Å². The first-order valence-electron chi connectivity index (χ1n) is 3.79. The summed E-state index contributed by atoms with van der Waals surface area (Å²) in [7, 11) is 0. The van der Waals surface area contributed by atoms with E-state index in [-0.39, 0.29) is 0 Å². The molecular formula is C8H16NO2+. The van der Waals surface area contributed by atoms with Crippen LogP contribution in [-0.2, 0) is 9.22 Å². The molecule has 0 amide bonds. The SMILES string of the molecule is C=[O+]C(=O)[C@@H](N)CCC(C)C. The van der Waals surface area contributed by atoms with Gasteiger partial charge in [-0.1, -0.05) is 13.8 Å². The molecule has 0 aromatic heterocycles. The summed E-state index contributed by atoms with van der Waals surface area (Å²) >= 11 is 0. The molecular weight excluding hydrogens is 142 g/mol. The van der Waals surface area contributed by atoms with E-state index in [1.165, 1.54) is 0 Å². The van der Waals surface area contributed by atoms with Gasteiger partial charge in [-0.2, -0.15) is 0 Å². The van der Waals surface area contributed by atoms with E-state index in [4.69, 9.17) is 5.73 Å². The molecule has 2 N–H and O–H groups in total. The fourth-order valence-corrected chi connectivity index (χ4v) is 0.738. The molecule has 11 heavy (non-hydrogen) atoms. The Morgan fingerprint density at radius 3 is 2.45 bits per heavy atom. The van der Waals surface area contributed by atoms with Crippen molar-refractivity contribution in [3.63, 3.8) is 0 Å². The number of rotatable bonds is 4. The lowest BCUT2D eigenvalue weighted by Crippen LogP contribution is -2.30. The first-order valence-corrected chi connectivity index (χ1v) is 3.79. The Hall–Kier alpha value is -0.700. The Morgan fingerprint density at radius 2 is 2.09 bits per heavy atom. The fraction of sp³-hybridized carbons (Fsp3) is 0.750. The molecule has 0 aromatic carbocycles. The molecule has 0 spiro atoms. The minimum atomic E-state index is -0.505. The van der Waals surface area contributed by atoms with E-state index in [0.717, 1.165) is 6.42 Å². The first kappa shape index (κ1) is 10.3. The molecule has 64 valence electrons. The van der Waals surface area contributed by atoms with Crippen molar-refractivity contribution in [2.45, 2.75) is 32.7 Å². The van der Waals surface area contributed by atoms with Gasteiger partial charge < -0.3 is 5.73 Å².